The van der Waals surface area contributed by atoms with E-state index in [1.165, 1.54) is 67.3 Å². The van der Waals surface area contributed by atoms with Gasteiger partial charge in [0, 0.05) is 25.4 Å². The Balaban J connectivity index is 0.00000274. The summed E-state index contributed by atoms with van der Waals surface area (Å²) in [6.07, 6.45) is 11.5. The second-order valence-electron chi connectivity index (χ2n) is 12.5. The van der Waals surface area contributed by atoms with E-state index in [0.717, 1.165) is 30.6 Å². The fourth-order valence-electron chi connectivity index (χ4n) is 5.50. The summed E-state index contributed by atoms with van der Waals surface area (Å²) in [5, 5.41) is 3.24. The van der Waals surface area contributed by atoms with Gasteiger partial charge in [0.15, 0.2) is 0 Å². The molecule has 3 aliphatic carbocycles. The summed E-state index contributed by atoms with van der Waals surface area (Å²) in [6.45, 7) is 12.5. The molecule has 0 atom stereocenters. The van der Waals surface area contributed by atoms with Crippen LogP contribution in [0.5, 0.6) is 0 Å². The maximum Gasteiger partial charge on any atom is 0.253 e. The third-order valence-corrected chi connectivity index (χ3v) is 8.48. The Bertz CT molecular complexity index is 1020. The highest BCUT2D eigenvalue weighted by molar-refractivity contribution is 5.97. The Hall–Kier alpha value is -2.03. The van der Waals surface area contributed by atoms with E-state index in [4.69, 9.17) is 0 Å². The Morgan fingerprint density at radius 3 is 2.36 bits per heavy atom. The molecule has 0 saturated heterocycles. The van der Waals surface area contributed by atoms with Gasteiger partial charge in [0.25, 0.3) is 5.91 Å². The van der Waals surface area contributed by atoms with Crippen molar-refractivity contribution >= 4 is 5.91 Å². The summed E-state index contributed by atoms with van der Waals surface area (Å²) >= 11 is 0. The Kier molecular flexibility index (Phi) is 5.74. The zero-order valence-electron chi connectivity index (χ0n) is 21.4. The first-order chi connectivity index (χ1) is 15.6. The summed E-state index contributed by atoms with van der Waals surface area (Å²) in [7, 11) is 0. The number of rotatable bonds is 6. The van der Waals surface area contributed by atoms with Gasteiger partial charge in [0.1, 0.15) is 0 Å². The van der Waals surface area contributed by atoms with Crippen LogP contribution in [0.4, 0.5) is 0 Å². The summed E-state index contributed by atoms with van der Waals surface area (Å²) in [6, 6.07) is 9.84. The molecule has 1 aromatic heterocycles. The molecule has 3 nitrogen and oxygen atoms in total. The van der Waals surface area contributed by atoms with Gasteiger partial charge < -0.3 is 9.88 Å². The molecular formula is C30H44N2O. The van der Waals surface area contributed by atoms with Gasteiger partial charge in [-0.1, -0.05) is 53.0 Å². The average Bonchev–Trinajstić information content (AvgIpc) is 3.70. The SMILES string of the molecule is Cc1c(C(=O)NC2CC2)cc(-c2cc(C(C)(C)C)cc(C3(C)CC3)c2)n1CC1CCCCC1.[HH]. The molecule has 0 bridgehead atoms. The third-order valence-electron chi connectivity index (χ3n) is 8.48. The first-order valence-electron chi connectivity index (χ1n) is 13.3. The lowest BCUT2D eigenvalue weighted by atomic mass is 9.82. The first kappa shape index (κ1) is 22.7. The van der Waals surface area contributed by atoms with Crippen molar-refractivity contribution in [2.24, 2.45) is 5.92 Å². The van der Waals surface area contributed by atoms with Gasteiger partial charge in [0.05, 0.1) is 5.56 Å². The molecule has 5 rings (SSSR count). The van der Waals surface area contributed by atoms with Gasteiger partial charge in [-0.15, -0.1) is 0 Å². The standard InChI is InChI=1S/C30H42N2O.H2/c1-20-26(28(33)31-25-11-12-25)18-27(32(20)19-21-9-7-6-8-10-21)22-15-23(29(2,3)4)17-24(16-22)30(5)13-14-30;/h15-18,21,25H,6-14,19H2,1-5H3,(H,31,33);1H. The number of carbonyl (C=O) groups excluding carboxylic acids is 1. The lowest BCUT2D eigenvalue weighted by molar-refractivity contribution is 0.0950. The van der Waals surface area contributed by atoms with Crippen molar-refractivity contribution in [1.82, 2.24) is 9.88 Å². The highest BCUT2D eigenvalue weighted by Crippen LogP contribution is 2.49. The number of carbonyl (C=O) groups is 1. The highest BCUT2D eigenvalue weighted by Gasteiger charge is 2.40. The molecule has 2 aromatic rings. The predicted molar refractivity (Wildman–Crippen MR) is 139 cm³/mol. The van der Waals surface area contributed by atoms with Crippen molar-refractivity contribution in [3.8, 4) is 11.3 Å². The molecule has 0 spiro atoms. The minimum atomic E-state index is 0. The van der Waals surface area contributed by atoms with Crippen LogP contribution in [0.3, 0.4) is 0 Å². The molecule has 1 aromatic carbocycles. The van der Waals surface area contributed by atoms with Crippen LogP contribution in [0.1, 0.15) is 114 Å². The molecule has 3 saturated carbocycles. The summed E-state index contributed by atoms with van der Waals surface area (Å²) < 4.78 is 2.48. The zero-order chi connectivity index (χ0) is 23.4. The predicted octanol–water partition coefficient (Wildman–Crippen LogP) is 7.53. The first-order valence-corrected chi connectivity index (χ1v) is 13.3. The fraction of sp³-hybridized carbons (Fsp3) is 0.633. The molecule has 0 radical (unpaired) electrons. The number of hydrogen-bond donors (Lipinski definition) is 1. The van der Waals surface area contributed by atoms with E-state index in [0.29, 0.717) is 17.4 Å². The number of nitrogens with one attached hydrogen (secondary N) is 1. The maximum atomic E-state index is 13.1. The number of amides is 1. The smallest absolute Gasteiger partial charge is 0.253 e. The lowest BCUT2D eigenvalue weighted by Gasteiger charge is -2.26. The van der Waals surface area contributed by atoms with E-state index in [9.17, 15) is 4.79 Å². The third kappa shape index (κ3) is 4.79. The van der Waals surface area contributed by atoms with E-state index in [1.807, 2.05) is 0 Å². The van der Waals surface area contributed by atoms with E-state index in [-0.39, 0.29) is 12.7 Å². The second kappa shape index (κ2) is 8.32. The number of nitrogens with zero attached hydrogens (tertiary/aromatic N) is 1. The van der Waals surface area contributed by atoms with Crippen molar-refractivity contribution in [3.63, 3.8) is 0 Å². The normalized spacial score (nSPS) is 20.6. The van der Waals surface area contributed by atoms with Crippen LogP contribution in [-0.4, -0.2) is 16.5 Å². The van der Waals surface area contributed by atoms with Crippen LogP contribution in [0, 0.1) is 12.8 Å². The van der Waals surface area contributed by atoms with Crippen LogP contribution >= 0.6 is 0 Å². The molecule has 3 heteroatoms. The number of aromatic nitrogens is 1. The number of hydrogen-bond acceptors (Lipinski definition) is 1. The molecule has 0 aliphatic heterocycles. The van der Waals surface area contributed by atoms with Crippen molar-refractivity contribution in [3.05, 3.63) is 46.6 Å². The lowest BCUT2D eigenvalue weighted by Crippen LogP contribution is -2.26. The summed E-state index contributed by atoms with van der Waals surface area (Å²) in [4.78, 5) is 13.1. The highest BCUT2D eigenvalue weighted by atomic mass is 16.1. The molecule has 3 aliphatic rings. The van der Waals surface area contributed by atoms with Crippen molar-refractivity contribution in [2.45, 2.75) is 116 Å². The summed E-state index contributed by atoms with van der Waals surface area (Å²) in [5.74, 6) is 0.828. The van der Waals surface area contributed by atoms with E-state index in [2.05, 4.69) is 68.8 Å². The van der Waals surface area contributed by atoms with Gasteiger partial charge in [-0.25, -0.2) is 0 Å². The van der Waals surface area contributed by atoms with Crippen LogP contribution in [-0.2, 0) is 17.4 Å². The Morgan fingerprint density at radius 2 is 1.76 bits per heavy atom. The Labute approximate surface area is 201 Å². The molecule has 0 unspecified atom stereocenters. The summed E-state index contributed by atoms with van der Waals surface area (Å²) in [5.41, 5.74) is 7.80. The van der Waals surface area contributed by atoms with E-state index >= 15 is 0 Å². The quantitative estimate of drug-likeness (QED) is 0.487. The van der Waals surface area contributed by atoms with Gasteiger partial charge in [-0.2, -0.15) is 0 Å². The molecule has 1 amide bonds. The topological polar surface area (TPSA) is 34.0 Å². The Morgan fingerprint density at radius 1 is 1.06 bits per heavy atom. The molecule has 33 heavy (non-hydrogen) atoms. The molecule has 1 N–H and O–H groups in total. The van der Waals surface area contributed by atoms with Crippen LogP contribution in [0.2, 0.25) is 0 Å². The van der Waals surface area contributed by atoms with Crippen LogP contribution < -0.4 is 5.32 Å². The van der Waals surface area contributed by atoms with Gasteiger partial charge in [-0.3, -0.25) is 4.79 Å². The van der Waals surface area contributed by atoms with Crippen LogP contribution in [0.25, 0.3) is 11.3 Å². The minimum absolute atomic E-state index is 0. The van der Waals surface area contributed by atoms with Crippen molar-refractivity contribution < 1.29 is 6.22 Å². The van der Waals surface area contributed by atoms with Gasteiger partial charge >= 0.3 is 0 Å². The van der Waals surface area contributed by atoms with E-state index in [1.54, 1.807) is 0 Å². The fourth-order valence-corrected chi connectivity index (χ4v) is 5.50. The molecule has 180 valence electrons. The zero-order valence-corrected chi connectivity index (χ0v) is 21.4. The van der Waals surface area contributed by atoms with Crippen molar-refractivity contribution in [1.29, 1.82) is 0 Å². The molecule has 3 fully saturated rings. The van der Waals surface area contributed by atoms with Gasteiger partial charge in [-0.05, 0) is 97.1 Å². The monoisotopic (exact) mass is 448 g/mol. The van der Waals surface area contributed by atoms with Gasteiger partial charge in [0.2, 0.25) is 0 Å². The van der Waals surface area contributed by atoms with E-state index < -0.39 is 0 Å². The van der Waals surface area contributed by atoms with Crippen LogP contribution in [0.15, 0.2) is 24.3 Å². The maximum absolute atomic E-state index is 13.1. The number of benzene rings is 1. The van der Waals surface area contributed by atoms with Crippen molar-refractivity contribution in [2.75, 3.05) is 0 Å². The minimum Gasteiger partial charge on any atom is -0.349 e. The second-order valence-corrected chi connectivity index (χ2v) is 12.5. The largest absolute Gasteiger partial charge is 0.349 e. The molecular weight excluding hydrogens is 404 g/mol. The molecule has 1 heterocycles. The average molecular weight is 449 g/mol.